The molecule has 0 atom stereocenters. The predicted octanol–water partition coefficient (Wildman–Crippen LogP) is 4.75. The van der Waals surface area contributed by atoms with Crippen molar-refractivity contribution in [2.45, 2.75) is 19.4 Å². The third kappa shape index (κ3) is 4.93. The molecule has 29 heavy (non-hydrogen) atoms. The van der Waals surface area contributed by atoms with E-state index < -0.39 is 0 Å². The zero-order valence-corrected chi connectivity index (χ0v) is 17.6. The standard InChI is InChI=1S/C24H22BrN3O/c25-20-10-6-9-19(15-20)17-28-22-12-5-4-11-21(22)27-23(28)13-14-26-24(29)16-18-7-2-1-3-8-18/h1-12,15H,13-14,16-17H2,(H,26,29). The van der Waals surface area contributed by atoms with Crippen molar-refractivity contribution in [3.63, 3.8) is 0 Å². The van der Waals surface area contributed by atoms with Crippen molar-refractivity contribution in [1.29, 1.82) is 0 Å². The maximum absolute atomic E-state index is 12.2. The number of aromatic nitrogens is 2. The maximum Gasteiger partial charge on any atom is 0.224 e. The van der Waals surface area contributed by atoms with Crippen LogP contribution in [-0.2, 0) is 24.2 Å². The molecule has 0 saturated carbocycles. The van der Waals surface area contributed by atoms with Crippen LogP contribution in [-0.4, -0.2) is 22.0 Å². The van der Waals surface area contributed by atoms with Gasteiger partial charge in [0.15, 0.2) is 0 Å². The number of carbonyl (C=O) groups is 1. The lowest BCUT2D eigenvalue weighted by Gasteiger charge is -2.11. The van der Waals surface area contributed by atoms with E-state index in [9.17, 15) is 4.79 Å². The van der Waals surface area contributed by atoms with Gasteiger partial charge in [0, 0.05) is 24.0 Å². The minimum Gasteiger partial charge on any atom is -0.355 e. The van der Waals surface area contributed by atoms with Gasteiger partial charge in [0.25, 0.3) is 0 Å². The molecule has 1 heterocycles. The molecule has 146 valence electrons. The molecule has 1 amide bonds. The number of hydrogen-bond donors (Lipinski definition) is 1. The minimum atomic E-state index is 0.0332. The molecule has 1 N–H and O–H groups in total. The average Bonchev–Trinajstić information content (AvgIpc) is 3.06. The smallest absolute Gasteiger partial charge is 0.224 e. The van der Waals surface area contributed by atoms with Crippen LogP contribution in [0.2, 0.25) is 0 Å². The van der Waals surface area contributed by atoms with E-state index in [1.54, 1.807) is 0 Å². The van der Waals surface area contributed by atoms with Gasteiger partial charge in [0.1, 0.15) is 5.82 Å². The van der Waals surface area contributed by atoms with Crippen LogP contribution < -0.4 is 5.32 Å². The van der Waals surface area contributed by atoms with E-state index in [0.29, 0.717) is 19.4 Å². The summed E-state index contributed by atoms with van der Waals surface area (Å²) in [6, 6.07) is 26.3. The van der Waals surface area contributed by atoms with Crippen LogP contribution >= 0.6 is 15.9 Å². The monoisotopic (exact) mass is 447 g/mol. The maximum atomic E-state index is 12.2. The number of halogens is 1. The van der Waals surface area contributed by atoms with Gasteiger partial charge in [-0.1, -0.05) is 70.5 Å². The Morgan fingerprint density at radius 2 is 1.69 bits per heavy atom. The topological polar surface area (TPSA) is 46.9 Å². The van der Waals surface area contributed by atoms with E-state index in [4.69, 9.17) is 4.98 Å². The molecule has 0 unspecified atom stereocenters. The summed E-state index contributed by atoms with van der Waals surface area (Å²) in [6.07, 6.45) is 1.08. The first-order valence-electron chi connectivity index (χ1n) is 9.68. The molecule has 0 radical (unpaired) electrons. The predicted molar refractivity (Wildman–Crippen MR) is 120 cm³/mol. The lowest BCUT2D eigenvalue weighted by Crippen LogP contribution is -2.28. The molecule has 5 heteroatoms. The zero-order valence-electron chi connectivity index (χ0n) is 16.0. The van der Waals surface area contributed by atoms with E-state index in [2.05, 4.69) is 44.0 Å². The second-order valence-electron chi connectivity index (χ2n) is 7.00. The van der Waals surface area contributed by atoms with Crippen molar-refractivity contribution < 1.29 is 4.79 Å². The van der Waals surface area contributed by atoms with Crippen LogP contribution in [0.3, 0.4) is 0 Å². The average molecular weight is 448 g/mol. The number of carbonyl (C=O) groups excluding carboxylic acids is 1. The van der Waals surface area contributed by atoms with Crippen LogP contribution in [0.1, 0.15) is 17.0 Å². The number of nitrogens with zero attached hydrogens (tertiary/aromatic N) is 2. The summed E-state index contributed by atoms with van der Waals surface area (Å²) in [5, 5.41) is 3.02. The van der Waals surface area contributed by atoms with Gasteiger partial charge >= 0.3 is 0 Å². The van der Waals surface area contributed by atoms with Crippen molar-refractivity contribution >= 4 is 32.9 Å². The van der Waals surface area contributed by atoms with Gasteiger partial charge in [-0.2, -0.15) is 0 Å². The Kier molecular flexibility index (Phi) is 6.06. The molecule has 0 bridgehead atoms. The van der Waals surface area contributed by atoms with Crippen LogP contribution in [0.4, 0.5) is 0 Å². The van der Waals surface area contributed by atoms with Gasteiger partial charge in [0.05, 0.1) is 17.5 Å². The highest BCUT2D eigenvalue weighted by Gasteiger charge is 2.12. The summed E-state index contributed by atoms with van der Waals surface area (Å²) in [5.74, 6) is 1.01. The molecule has 0 aliphatic heterocycles. The number of hydrogen-bond acceptors (Lipinski definition) is 2. The van der Waals surface area contributed by atoms with E-state index in [1.165, 1.54) is 5.56 Å². The van der Waals surface area contributed by atoms with Gasteiger partial charge in [-0.05, 0) is 35.4 Å². The third-order valence-electron chi connectivity index (χ3n) is 4.84. The molecular formula is C24H22BrN3O. The van der Waals surface area contributed by atoms with Crippen molar-refractivity contribution in [3.05, 3.63) is 100 Å². The van der Waals surface area contributed by atoms with Gasteiger partial charge in [-0.15, -0.1) is 0 Å². The Morgan fingerprint density at radius 3 is 2.52 bits per heavy atom. The lowest BCUT2D eigenvalue weighted by molar-refractivity contribution is -0.120. The number of rotatable bonds is 7. The Morgan fingerprint density at radius 1 is 0.931 bits per heavy atom. The number of amides is 1. The van der Waals surface area contributed by atoms with Gasteiger partial charge in [-0.3, -0.25) is 4.79 Å². The fourth-order valence-electron chi connectivity index (χ4n) is 3.47. The molecule has 4 nitrogen and oxygen atoms in total. The SMILES string of the molecule is O=C(Cc1ccccc1)NCCc1nc2ccccc2n1Cc1cccc(Br)c1. The molecule has 0 aliphatic rings. The number of benzene rings is 3. The first-order chi connectivity index (χ1) is 14.2. The Balaban J connectivity index is 1.47. The second kappa shape index (κ2) is 9.05. The summed E-state index contributed by atoms with van der Waals surface area (Å²) >= 11 is 3.55. The second-order valence-corrected chi connectivity index (χ2v) is 7.91. The van der Waals surface area contributed by atoms with Crippen LogP contribution in [0, 0.1) is 0 Å². The first kappa shape index (κ1) is 19.4. The molecule has 4 rings (SSSR count). The number of nitrogens with one attached hydrogen (secondary N) is 1. The summed E-state index contributed by atoms with van der Waals surface area (Å²) in [5.41, 5.74) is 4.31. The molecule has 0 aliphatic carbocycles. The largest absolute Gasteiger partial charge is 0.355 e. The summed E-state index contributed by atoms with van der Waals surface area (Å²) in [4.78, 5) is 17.1. The lowest BCUT2D eigenvalue weighted by atomic mass is 10.1. The fourth-order valence-corrected chi connectivity index (χ4v) is 3.91. The molecule has 3 aromatic carbocycles. The summed E-state index contributed by atoms with van der Waals surface area (Å²) in [6.45, 7) is 1.31. The Labute approximate surface area is 178 Å². The van der Waals surface area contributed by atoms with Crippen molar-refractivity contribution in [2.75, 3.05) is 6.54 Å². The Hall–Kier alpha value is -2.92. The zero-order chi connectivity index (χ0) is 20.1. The van der Waals surface area contributed by atoms with Crippen LogP contribution in [0.5, 0.6) is 0 Å². The van der Waals surface area contributed by atoms with Crippen molar-refractivity contribution in [3.8, 4) is 0 Å². The fraction of sp³-hybridized carbons (Fsp3) is 0.167. The number of imidazole rings is 1. The van der Waals surface area contributed by atoms with Gasteiger partial charge in [-0.25, -0.2) is 4.98 Å². The van der Waals surface area contributed by atoms with Gasteiger partial charge in [0.2, 0.25) is 5.91 Å². The normalized spacial score (nSPS) is 10.9. The number of fused-ring (bicyclic) bond motifs is 1. The molecule has 1 aromatic heterocycles. The first-order valence-corrected chi connectivity index (χ1v) is 10.5. The highest BCUT2D eigenvalue weighted by molar-refractivity contribution is 9.10. The van der Waals surface area contributed by atoms with Crippen molar-refractivity contribution in [2.24, 2.45) is 0 Å². The van der Waals surface area contributed by atoms with Crippen LogP contribution in [0.25, 0.3) is 11.0 Å². The van der Waals surface area contributed by atoms with Crippen LogP contribution in [0.15, 0.2) is 83.3 Å². The summed E-state index contributed by atoms with van der Waals surface area (Å²) < 4.78 is 3.30. The highest BCUT2D eigenvalue weighted by atomic mass is 79.9. The van der Waals surface area contributed by atoms with E-state index in [1.807, 2.05) is 60.7 Å². The third-order valence-corrected chi connectivity index (χ3v) is 5.33. The highest BCUT2D eigenvalue weighted by Crippen LogP contribution is 2.20. The Bertz CT molecular complexity index is 1120. The van der Waals surface area contributed by atoms with Gasteiger partial charge < -0.3 is 9.88 Å². The minimum absolute atomic E-state index is 0.0332. The molecular weight excluding hydrogens is 426 g/mol. The quantitative estimate of drug-likeness (QED) is 0.444. The molecule has 0 fully saturated rings. The van der Waals surface area contributed by atoms with Crippen molar-refractivity contribution in [1.82, 2.24) is 14.9 Å². The molecule has 0 spiro atoms. The van der Waals surface area contributed by atoms with E-state index in [0.717, 1.165) is 33.4 Å². The summed E-state index contributed by atoms with van der Waals surface area (Å²) in [7, 11) is 0. The van der Waals surface area contributed by atoms with E-state index >= 15 is 0 Å². The number of para-hydroxylation sites is 2. The van der Waals surface area contributed by atoms with E-state index in [-0.39, 0.29) is 5.91 Å². The molecule has 4 aromatic rings. The molecule has 0 saturated heterocycles.